The van der Waals surface area contributed by atoms with Crippen LogP contribution in [0.1, 0.15) is 59.3 Å². The van der Waals surface area contributed by atoms with E-state index in [2.05, 4.69) is 5.32 Å². The van der Waals surface area contributed by atoms with E-state index < -0.39 is 5.54 Å². The lowest BCUT2D eigenvalue weighted by molar-refractivity contribution is -0.137. The van der Waals surface area contributed by atoms with E-state index in [4.69, 9.17) is 5.73 Å². The molecule has 116 valence electrons. The maximum absolute atomic E-state index is 12.4. The molecular weight excluding hydrogens is 254 g/mol. The Balaban J connectivity index is 2.42. The quantitative estimate of drug-likeness (QED) is 0.774. The average Bonchev–Trinajstić information content (AvgIpc) is 2.39. The molecule has 1 heterocycles. The van der Waals surface area contributed by atoms with E-state index in [0.29, 0.717) is 25.9 Å². The summed E-state index contributed by atoms with van der Waals surface area (Å²) in [5.74, 6) is 0.157. The minimum atomic E-state index is -0.757. The van der Waals surface area contributed by atoms with Crippen LogP contribution in [0.4, 0.5) is 0 Å². The first-order valence-electron chi connectivity index (χ1n) is 7.78. The van der Waals surface area contributed by atoms with Gasteiger partial charge in [0, 0.05) is 25.6 Å². The number of carbonyl (C=O) groups is 2. The van der Waals surface area contributed by atoms with Gasteiger partial charge in [0.25, 0.3) is 0 Å². The minimum Gasteiger partial charge on any atom is -0.353 e. The molecule has 0 radical (unpaired) electrons. The third kappa shape index (κ3) is 4.78. The van der Waals surface area contributed by atoms with Crippen LogP contribution in [-0.4, -0.2) is 41.4 Å². The number of hydrogen-bond acceptors (Lipinski definition) is 3. The second-order valence-electron chi connectivity index (χ2n) is 6.05. The van der Waals surface area contributed by atoms with E-state index >= 15 is 0 Å². The van der Waals surface area contributed by atoms with Crippen LogP contribution >= 0.6 is 0 Å². The molecule has 1 aliphatic rings. The molecule has 2 amide bonds. The Kier molecular flexibility index (Phi) is 6.46. The lowest BCUT2D eigenvalue weighted by atomic mass is 9.94. The van der Waals surface area contributed by atoms with Crippen LogP contribution in [-0.2, 0) is 9.59 Å². The molecule has 3 N–H and O–H groups in total. The molecule has 0 aliphatic carbocycles. The number of likely N-dealkylation sites (tertiary alicyclic amines) is 1. The van der Waals surface area contributed by atoms with Gasteiger partial charge in [-0.05, 0) is 32.6 Å². The SMILES string of the molecule is CCCC(=O)NC1CCN(C(=O)C(C)(N)CCC)CC1. The molecule has 0 aromatic carbocycles. The van der Waals surface area contributed by atoms with Gasteiger partial charge in [-0.2, -0.15) is 0 Å². The average molecular weight is 283 g/mol. The van der Waals surface area contributed by atoms with Crippen LogP contribution in [0.3, 0.4) is 0 Å². The van der Waals surface area contributed by atoms with Gasteiger partial charge in [-0.3, -0.25) is 9.59 Å². The maximum atomic E-state index is 12.4. The number of piperidine rings is 1. The van der Waals surface area contributed by atoms with Gasteiger partial charge in [-0.15, -0.1) is 0 Å². The zero-order valence-corrected chi connectivity index (χ0v) is 13.1. The summed E-state index contributed by atoms with van der Waals surface area (Å²) in [7, 11) is 0. The lowest BCUT2D eigenvalue weighted by Gasteiger charge is -2.37. The van der Waals surface area contributed by atoms with Crippen molar-refractivity contribution in [3.05, 3.63) is 0 Å². The molecule has 5 heteroatoms. The highest BCUT2D eigenvalue weighted by molar-refractivity contribution is 5.85. The summed E-state index contributed by atoms with van der Waals surface area (Å²) in [5, 5.41) is 3.04. The van der Waals surface area contributed by atoms with Crippen LogP contribution in [0.25, 0.3) is 0 Å². The molecule has 1 atom stereocenters. The standard InChI is InChI=1S/C15H29N3O2/c1-4-6-13(19)17-12-7-10-18(11-8-12)14(20)15(3,16)9-5-2/h12H,4-11,16H2,1-3H3,(H,17,19). The minimum absolute atomic E-state index is 0.0395. The van der Waals surface area contributed by atoms with Crippen molar-refractivity contribution in [1.82, 2.24) is 10.2 Å². The summed E-state index contributed by atoms with van der Waals surface area (Å²) in [5.41, 5.74) is 5.34. The summed E-state index contributed by atoms with van der Waals surface area (Å²) in [4.78, 5) is 25.8. The van der Waals surface area contributed by atoms with Gasteiger partial charge in [0.2, 0.25) is 11.8 Å². The van der Waals surface area contributed by atoms with E-state index in [0.717, 1.165) is 25.7 Å². The smallest absolute Gasteiger partial charge is 0.242 e. The fourth-order valence-electron chi connectivity index (χ4n) is 2.74. The fraction of sp³-hybridized carbons (Fsp3) is 0.867. The van der Waals surface area contributed by atoms with Gasteiger partial charge < -0.3 is 16.0 Å². The van der Waals surface area contributed by atoms with Crippen molar-refractivity contribution >= 4 is 11.8 Å². The Bertz CT molecular complexity index is 334. The number of nitrogens with zero attached hydrogens (tertiary/aromatic N) is 1. The fourth-order valence-corrected chi connectivity index (χ4v) is 2.74. The highest BCUT2D eigenvalue weighted by Gasteiger charge is 2.33. The van der Waals surface area contributed by atoms with E-state index in [1.165, 1.54) is 0 Å². The first-order chi connectivity index (χ1) is 9.40. The molecule has 0 bridgehead atoms. The molecule has 0 saturated carbocycles. The molecule has 5 nitrogen and oxygen atoms in total. The molecule has 1 unspecified atom stereocenters. The van der Waals surface area contributed by atoms with Gasteiger partial charge in [-0.1, -0.05) is 20.3 Å². The molecule has 0 aromatic heterocycles. The Morgan fingerprint density at radius 2 is 1.85 bits per heavy atom. The third-order valence-electron chi connectivity index (χ3n) is 3.88. The summed E-state index contributed by atoms with van der Waals surface area (Å²) < 4.78 is 0. The molecule has 20 heavy (non-hydrogen) atoms. The Morgan fingerprint density at radius 1 is 1.25 bits per heavy atom. The normalized spacial score (nSPS) is 19.5. The summed E-state index contributed by atoms with van der Waals surface area (Å²) in [6.45, 7) is 7.22. The second-order valence-corrected chi connectivity index (χ2v) is 6.05. The number of amides is 2. The van der Waals surface area contributed by atoms with Crippen LogP contribution in [0.2, 0.25) is 0 Å². The van der Waals surface area contributed by atoms with E-state index in [9.17, 15) is 9.59 Å². The van der Waals surface area contributed by atoms with Crippen molar-refractivity contribution in [2.24, 2.45) is 5.73 Å². The number of rotatable bonds is 6. The zero-order valence-electron chi connectivity index (χ0n) is 13.1. The lowest BCUT2D eigenvalue weighted by Crippen LogP contribution is -2.56. The van der Waals surface area contributed by atoms with Gasteiger partial charge in [0.15, 0.2) is 0 Å². The maximum Gasteiger partial charge on any atom is 0.242 e. The number of nitrogens with two attached hydrogens (primary N) is 1. The number of carbonyl (C=O) groups excluding carboxylic acids is 2. The molecule has 1 aliphatic heterocycles. The summed E-state index contributed by atoms with van der Waals surface area (Å²) >= 11 is 0. The largest absolute Gasteiger partial charge is 0.353 e. The summed E-state index contributed by atoms with van der Waals surface area (Å²) in [6, 6.07) is 0.202. The molecular formula is C15H29N3O2. The van der Waals surface area contributed by atoms with Crippen LogP contribution in [0, 0.1) is 0 Å². The van der Waals surface area contributed by atoms with Crippen molar-refractivity contribution in [3.8, 4) is 0 Å². The van der Waals surface area contributed by atoms with Crippen LogP contribution in [0.15, 0.2) is 0 Å². The first kappa shape index (κ1) is 17.0. The Morgan fingerprint density at radius 3 is 2.35 bits per heavy atom. The van der Waals surface area contributed by atoms with Crippen molar-refractivity contribution in [2.45, 2.75) is 70.9 Å². The van der Waals surface area contributed by atoms with Crippen molar-refractivity contribution < 1.29 is 9.59 Å². The second kappa shape index (κ2) is 7.62. The topological polar surface area (TPSA) is 75.4 Å². The Labute approximate surface area is 122 Å². The number of hydrogen-bond donors (Lipinski definition) is 2. The van der Waals surface area contributed by atoms with Crippen molar-refractivity contribution in [3.63, 3.8) is 0 Å². The predicted octanol–water partition coefficient (Wildman–Crippen LogP) is 1.41. The van der Waals surface area contributed by atoms with Crippen molar-refractivity contribution in [1.29, 1.82) is 0 Å². The van der Waals surface area contributed by atoms with Crippen LogP contribution in [0.5, 0.6) is 0 Å². The monoisotopic (exact) mass is 283 g/mol. The zero-order chi connectivity index (χ0) is 15.2. The van der Waals surface area contributed by atoms with Crippen molar-refractivity contribution in [2.75, 3.05) is 13.1 Å². The van der Waals surface area contributed by atoms with Gasteiger partial charge in [0.1, 0.15) is 0 Å². The summed E-state index contributed by atoms with van der Waals surface area (Å²) in [6.07, 6.45) is 4.70. The third-order valence-corrected chi connectivity index (χ3v) is 3.88. The van der Waals surface area contributed by atoms with Gasteiger partial charge >= 0.3 is 0 Å². The van der Waals surface area contributed by atoms with E-state index in [1.54, 1.807) is 0 Å². The van der Waals surface area contributed by atoms with Gasteiger partial charge in [-0.25, -0.2) is 0 Å². The molecule has 0 aromatic rings. The first-order valence-corrected chi connectivity index (χ1v) is 7.78. The highest BCUT2D eigenvalue weighted by atomic mass is 16.2. The highest BCUT2D eigenvalue weighted by Crippen LogP contribution is 2.17. The van der Waals surface area contributed by atoms with E-state index in [1.807, 2.05) is 25.7 Å². The molecule has 0 spiro atoms. The molecule has 1 fully saturated rings. The predicted molar refractivity (Wildman–Crippen MR) is 80.2 cm³/mol. The molecule has 1 rings (SSSR count). The van der Waals surface area contributed by atoms with Crippen LogP contribution < -0.4 is 11.1 Å². The van der Waals surface area contributed by atoms with Gasteiger partial charge in [0.05, 0.1) is 5.54 Å². The molecule has 1 saturated heterocycles. The van der Waals surface area contributed by atoms with E-state index in [-0.39, 0.29) is 17.9 Å². The Hall–Kier alpha value is -1.10. The number of nitrogens with one attached hydrogen (secondary N) is 1.